The highest BCUT2D eigenvalue weighted by molar-refractivity contribution is 7.16. The number of fused-ring (bicyclic) bond motifs is 1. The smallest absolute Gasteiger partial charge is 0.329 e. The molecule has 6 nitrogen and oxygen atoms in total. The van der Waals surface area contributed by atoms with Crippen molar-refractivity contribution in [1.82, 2.24) is 14.5 Å². The van der Waals surface area contributed by atoms with Crippen LogP contribution in [0.5, 0.6) is 0 Å². The molecule has 1 atom stereocenters. The minimum Gasteiger partial charge on any atom is -0.458 e. The van der Waals surface area contributed by atoms with Crippen molar-refractivity contribution in [2.24, 2.45) is 0 Å². The fraction of sp³-hybridized carbons (Fsp3) is 0.500. The summed E-state index contributed by atoms with van der Waals surface area (Å²) in [5.74, 6) is -0.492. The number of esters is 1. The van der Waals surface area contributed by atoms with Crippen molar-refractivity contribution >= 4 is 39.3 Å². The number of thiazole rings is 1. The van der Waals surface area contributed by atoms with Crippen LogP contribution >= 0.6 is 22.9 Å². The summed E-state index contributed by atoms with van der Waals surface area (Å²) in [6.07, 6.45) is 1.47. The van der Waals surface area contributed by atoms with Gasteiger partial charge in [-0.2, -0.15) is 4.98 Å². The van der Waals surface area contributed by atoms with E-state index in [4.69, 9.17) is 16.3 Å². The van der Waals surface area contributed by atoms with Gasteiger partial charge in [-0.15, -0.1) is 0 Å². The van der Waals surface area contributed by atoms with Gasteiger partial charge in [0, 0.05) is 0 Å². The second-order valence-corrected chi connectivity index (χ2v) is 6.61. The summed E-state index contributed by atoms with van der Waals surface area (Å²) in [5, 5.41) is 0.0282. The molecule has 2 aromatic rings. The summed E-state index contributed by atoms with van der Waals surface area (Å²) in [6.45, 7) is 6.90. The highest BCUT2D eigenvalue weighted by atomic mass is 35.5. The quantitative estimate of drug-likeness (QED) is 0.628. The van der Waals surface area contributed by atoms with Crippen molar-refractivity contribution < 1.29 is 9.53 Å². The third-order valence-electron chi connectivity index (χ3n) is 2.46. The molecule has 2 aromatic heterocycles. The predicted octanol–water partition coefficient (Wildman–Crippen LogP) is 2.41. The van der Waals surface area contributed by atoms with E-state index in [-0.39, 0.29) is 10.2 Å². The third-order valence-corrected chi connectivity index (χ3v) is 3.53. The topological polar surface area (TPSA) is 74.1 Å². The van der Waals surface area contributed by atoms with Gasteiger partial charge in [0.2, 0.25) is 5.28 Å². The Bertz CT molecular complexity index is 717. The fourth-order valence-corrected chi connectivity index (χ4v) is 2.65. The summed E-state index contributed by atoms with van der Waals surface area (Å²) in [4.78, 5) is 31.7. The first-order valence-electron chi connectivity index (χ1n) is 5.95. The Kier molecular flexibility index (Phi) is 3.84. The molecule has 2 rings (SSSR count). The predicted molar refractivity (Wildman–Crippen MR) is 77.2 cm³/mol. The number of nitrogens with zero attached hydrogens (tertiary/aromatic N) is 3. The zero-order valence-corrected chi connectivity index (χ0v) is 13.1. The van der Waals surface area contributed by atoms with E-state index in [1.54, 1.807) is 27.7 Å². The number of ether oxygens (including phenoxy) is 1. The van der Waals surface area contributed by atoms with Gasteiger partial charge in [0.1, 0.15) is 11.6 Å². The van der Waals surface area contributed by atoms with Gasteiger partial charge in [-0.1, -0.05) is 11.3 Å². The van der Waals surface area contributed by atoms with Gasteiger partial charge in [0.25, 0.3) is 0 Å². The number of halogens is 1. The van der Waals surface area contributed by atoms with Crippen LogP contribution in [-0.4, -0.2) is 26.1 Å². The maximum Gasteiger partial charge on any atom is 0.329 e. The summed E-state index contributed by atoms with van der Waals surface area (Å²) in [6, 6.07) is -0.776. The van der Waals surface area contributed by atoms with Gasteiger partial charge in [-0.05, 0) is 39.3 Å². The first-order chi connectivity index (χ1) is 9.19. The molecule has 2 heterocycles. The van der Waals surface area contributed by atoms with Crippen molar-refractivity contribution in [2.45, 2.75) is 39.3 Å². The van der Waals surface area contributed by atoms with Crippen LogP contribution in [0.15, 0.2) is 11.0 Å². The Morgan fingerprint density at radius 1 is 1.50 bits per heavy atom. The van der Waals surface area contributed by atoms with Crippen molar-refractivity contribution in [2.75, 3.05) is 0 Å². The lowest BCUT2D eigenvalue weighted by molar-refractivity contribution is -0.158. The molecule has 1 unspecified atom stereocenters. The number of carbonyl (C=O) groups is 1. The Balaban J connectivity index is 2.47. The van der Waals surface area contributed by atoms with Gasteiger partial charge in [-0.25, -0.2) is 9.78 Å². The monoisotopic (exact) mass is 315 g/mol. The van der Waals surface area contributed by atoms with Gasteiger partial charge in [-0.3, -0.25) is 9.36 Å². The van der Waals surface area contributed by atoms with Crippen LogP contribution in [0, 0.1) is 0 Å². The second kappa shape index (κ2) is 5.14. The van der Waals surface area contributed by atoms with E-state index >= 15 is 0 Å². The fourth-order valence-electron chi connectivity index (χ4n) is 1.65. The molecule has 20 heavy (non-hydrogen) atoms. The standard InChI is InChI=1S/C12H14ClN3O3S/c1-6(9(17)19-12(2,3)4)16-8-7(20-11(16)18)5-14-10(13)15-8/h5-6H,1-4H3. The van der Waals surface area contributed by atoms with E-state index in [1.807, 2.05) is 0 Å². The molecule has 0 radical (unpaired) electrons. The Labute approximate surface area is 124 Å². The third kappa shape index (κ3) is 2.99. The van der Waals surface area contributed by atoms with E-state index in [9.17, 15) is 9.59 Å². The Morgan fingerprint density at radius 2 is 2.15 bits per heavy atom. The molecule has 0 aromatic carbocycles. The van der Waals surface area contributed by atoms with Crippen LogP contribution in [0.4, 0.5) is 0 Å². The van der Waals surface area contributed by atoms with Crippen LogP contribution in [-0.2, 0) is 9.53 Å². The molecule has 0 spiro atoms. The van der Waals surface area contributed by atoms with Crippen LogP contribution < -0.4 is 4.87 Å². The SMILES string of the molecule is CC(C(=O)OC(C)(C)C)n1c(=O)sc2cnc(Cl)nc21. The zero-order valence-electron chi connectivity index (χ0n) is 11.5. The second-order valence-electron chi connectivity index (χ2n) is 5.27. The molecular formula is C12H14ClN3O3S. The Morgan fingerprint density at radius 3 is 2.75 bits per heavy atom. The molecule has 0 aliphatic heterocycles. The number of hydrogen-bond donors (Lipinski definition) is 0. The van der Waals surface area contributed by atoms with Crippen molar-refractivity contribution in [1.29, 1.82) is 0 Å². The van der Waals surface area contributed by atoms with Crippen molar-refractivity contribution in [3.63, 3.8) is 0 Å². The van der Waals surface area contributed by atoms with Crippen LogP contribution in [0.1, 0.15) is 33.7 Å². The average Bonchev–Trinajstić information content (AvgIpc) is 2.61. The van der Waals surface area contributed by atoms with Crippen LogP contribution in [0.2, 0.25) is 5.28 Å². The number of hydrogen-bond acceptors (Lipinski definition) is 6. The largest absolute Gasteiger partial charge is 0.458 e. The van der Waals surface area contributed by atoms with E-state index in [0.29, 0.717) is 10.3 Å². The van der Waals surface area contributed by atoms with Crippen molar-refractivity contribution in [3.05, 3.63) is 21.1 Å². The molecule has 0 aliphatic carbocycles. The molecule has 0 N–H and O–H groups in total. The number of rotatable bonds is 2. The van der Waals surface area contributed by atoms with Crippen LogP contribution in [0.3, 0.4) is 0 Å². The van der Waals surface area contributed by atoms with E-state index < -0.39 is 17.6 Å². The zero-order chi connectivity index (χ0) is 15.1. The summed E-state index contributed by atoms with van der Waals surface area (Å²) in [7, 11) is 0. The lowest BCUT2D eigenvalue weighted by Gasteiger charge is -2.22. The molecule has 0 aliphatic rings. The van der Waals surface area contributed by atoms with E-state index in [2.05, 4.69) is 9.97 Å². The lowest BCUT2D eigenvalue weighted by atomic mass is 10.2. The first-order valence-corrected chi connectivity index (χ1v) is 7.15. The normalized spacial score (nSPS) is 13.4. The summed E-state index contributed by atoms with van der Waals surface area (Å²) < 4.78 is 7.14. The minimum absolute atomic E-state index is 0.0282. The molecule has 108 valence electrons. The van der Waals surface area contributed by atoms with Gasteiger partial charge < -0.3 is 4.74 Å². The average molecular weight is 316 g/mol. The molecule has 0 amide bonds. The first kappa shape index (κ1) is 14.9. The highest BCUT2D eigenvalue weighted by Crippen LogP contribution is 2.21. The molecule has 0 bridgehead atoms. The number of aromatic nitrogens is 3. The summed E-state index contributed by atoms with van der Waals surface area (Å²) in [5.41, 5.74) is -0.272. The van der Waals surface area contributed by atoms with E-state index in [0.717, 1.165) is 11.3 Å². The maximum absolute atomic E-state index is 12.1. The minimum atomic E-state index is -0.776. The highest BCUT2D eigenvalue weighted by Gasteiger charge is 2.26. The van der Waals surface area contributed by atoms with Gasteiger partial charge >= 0.3 is 10.8 Å². The van der Waals surface area contributed by atoms with Crippen molar-refractivity contribution in [3.8, 4) is 0 Å². The molecule has 8 heteroatoms. The molecular weight excluding hydrogens is 302 g/mol. The molecule has 0 saturated heterocycles. The van der Waals surface area contributed by atoms with Gasteiger partial charge in [0.15, 0.2) is 5.65 Å². The van der Waals surface area contributed by atoms with Gasteiger partial charge in [0.05, 0.1) is 10.9 Å². The molecule has 0 saturated carbocycles. The number of carbonyl (C=O) groups excluding carboxylic acids is 1. The Hall–Kier alpha value is -1.47. The maximum atomic E-state index is 12.1. The molecule has 0 fully saturated rings. The lowest BCUT2D eigenvalue weighted by Crippen LogP contribution is -2.32. The van der Waals surface area contributed by atoms with E-state index in [1.165, 1.54) is 10.8 Å². The summed E-state index contributed by atoms with van der Waals surface area (Å²) >= 11 is 6.71. The van der Waals surface area contributed by atoms with Crippen LogP contribution in [0.25, 0.3) is 10.3 Å².